The van der Waals surface area contributed by atoms with Gasteiger partial charge in [-0.15, -0.1) is 0 Å². The Labute approximate surface area is 197 Å². The van der Waals surface area contributed by atoms with Crippen molar-refractivity contribution in [2.45, 2.75) is 71.1 Å². The molecule has 0 radical (unpaired) electrons. The Balaban J connectivity index is 1.90. The topological polar surface area (TPSA) is 78.8 Å². The zero-order valence-corrected chi connectivity index (χ0v) is 20.5. The number of anilines is 1. The van der Waals surface area contributed by atoms with E-state index in [1.165, 1.54) is 38.5 Å². The van der Waals surface area contributed by atoms with Crippen LogP contribution in [0.5, 0.6) is 0 Å². The summed E-state index contributed by atoms with van der Waals surface area (Å²) in [4.78, 5) is 0. The van der Waals surface area contributed by atoms with Crippen LogP contribution in [0.15, 0.2) is 53.7 Å². The van der Waals surface area contributed by atoms with Gasteiger partial charge < -0.3 is 5.21 Å². The Hall–Kier alpha value is -2.05. The molecule has 0 aliphatic carbocycles. The summed E-state index contributed by atoms with van der Waals surface area (Å²) in [6.45, 7) is 2.22. The van der Waals surface area contributed by atoms with E-state index >= 15 is 0 Å². The summed E-state index contributed by atoms with van der Waals surface area (Å²) in [6, 6.07) is 13.9. The van der Waals surface area contributed by atoms with Crippen molar-refractivity contribution >= 4 is 33.0 Å². The van der Waals surface area contributed by atoms with Gasteiger partial charge in [-0.05, 0) is 24.6 Å². The van der Waals surface area contributed by atoms with Gasteiger partial charge in [0.15, 0.2) is 0 Å². The van der Waals surface area contributed by atoms with Crippen molar-refractivity contribution in [1.82, 2.24) is 0 Å². The molecule has 0 heterocycles. The molecule has 0 fully saturated rings. The second kappa shape index (κ2) is 14.2. The minimum atomic E-state index is -3.53. The van der Waals surface area contributed by atoms with Gasteiger partial charge in [0.1, 0.15) is 5.71 Å². The van der Waals surface area contributed by atoms with E-state index in [-0.39, 0.29) is 11.5 Å². The number of nitrogens with zero attached hydrogens (tertiary/aromatic N) is 1. The van der Waals surface area contributed by atoms with Crippen LogP contribution in [0.25, 0.3) is 0 Å². The minimum absolute atomic E-state index is 0.0580. The van der Waals surface area contributed by atoms with Crippen molar-refractivity contribution in [2.75, 3.05) is 10.5 Å². The minimum Gasteiger partial charge on any atom is -0.410 e. The first-order valence-corrected chi connectivity index (χ1v) is 13.6. The average molecular weight is 479 g/mol. The number of benzene rings is 2. The molecule has 2 N–H and O–H groups in total. The highest BCUT2D eigenvalue weighted by Crippen LogP contribution is 2.25. The van der Waals surface area contributed by atoms with E-state index in [1.807, 2.05) is 18.2 Å². The van der Waals surface area contributed by atoms with E-state index in [0.717, 1.165) is 19.3 Å². The molecule has 7 heteroatoms. The molecule has 5 nitrogen and oxygen atoms in total. The molecular weight excluding hydrogens is 444 g/mol. The Morgan fingerprint density at radius 1 is 0.906 bits per heavy atom. The summed E-state index contributed by atoms with van der Waals surface area (Å²) in [6.07, 6.45) is 11.4. The lowest BCUT2D eigenvalue weighted by atomic mass is 10.0. The van der Waals surface area contributed by atoms with Gasteiger partial charge in [0, 0.05) is 16.1 Å². The normalized spacial score (nSPS) is 12.1. The third-order valence-corrected chi connectivity index (χ3v) is 7.01. The number of sulfonamides is 1. The van der Waals surface area contributed by atoms with Gasteiger partial charge in [0.2, 0.25) is 10.0 Å². The van der Waals surface area contributed by atoms with Gasteiger partial charge in [-0.25, -0.2) is 8.42 Å². The van der Waals surface area contributed by atoms with Crippen LogP contribution in [-0.4, -0.2) is 25.1 Å². The molecule has 0 aromatic heterocycles. The van der Waals surface area contributed by atoms with E-state index in [1.54, 1.807) is 30.3 Å². The summed E-state index contributed by atoms with van der Waals surface area (Å²) < 4.78 is 28.0. The summed E-state index contributed by atoms with van der Waals surface area (Å²) in [5, 5.41) is 13.5. The maximum Gasteiger partial charge on any atom is 0.232 e. The Morgan fingerprint density at radius 2 is 1.50 bits per heavy atom. The SMILES string of the molecule is CCCCCCCCCCCCS(=O)(=O)Nc1ccc(Cl)cc1C(=NO)c1ccccc1. The average Bonchev–Trinajstić information content (AvgIpc) is 2.78. The number of hydrogen-bond donors (Lipinski definition) is 2. The molecule has 0 saturated heterocycles. The fourth-order valence-corrected chi connectivity index (χ4v) is 5.03. The van der Waals surface area contributed by atoms with Crippen molar-refractivity contribution < 1.29 is 13.6 Å². The molecule has 176 valence electrons. The molecule has 0 spiro atoms. The van der Waals surface area contributed by atoms with Crippen LogP contribution < -0.4 is 4.72 Å². The highest BCUT2D eigenvalue weighted by Gasteiger charge is 2.18. The highest BCUT2D eigenvalue weighted by atomic mass is 35.5. The molecular formula is C25H35ClN2O3S. The van der Waals surface area contributed by atoms with Crippen molar-refractivity contribution in [1.29, 1.82) is 0 Å². The first-order chi connectivity index (χ1) is 15.5. The number of oxime groups is 1. The molecule has 2 rings (SSSR count). The van der Waals surface area contributed by atoms with Gasteiger partial charge in [-0.1, -0.05) is 112 Å². The quantitative estimate of drug-likeness (QED) is 0.123. The Morgan fingerprint density at radius 3 is 2.09 bits per heavy atom. The maximum atomic E-state index is 12.7. The summed E-state index contributed by atoms with van der Waals surface area (Å²) in [5.74, 6) is 0.0580. The lowest BCUT2D eigenvalue weighted by molar-refractivity contribution is 0.319. The van der Waals surface area contributed by atoms with Crippen LogP contribution >= 0.6 is 11.6 Å². The van der Waals surface area contributed by atoms with Gasteiger partial charge in [-0.3, -0.25) is 4.72 Å². The lowest BCUT2D eigenvalue weighted by Gasteiger charge is -2.14. The standard InChI is InChI=1S/C25H35ClN2O3S/c1-2-3-4-5-6-7-8-9-10-14-19-32(30,31)28-24-18-17-22(26)20-23(24)25(27-29)21-15-12-11-13-16-21/h11-13,15-18,20,28-29H,2-10,14,19H2,1H3. The first-order valence-electron chi connectivity index (χ1n) is 11.5. The van der Waals surface area contributed by atoms with Crippen LogP contribution in [0.1, 0.15) is 82.3 Å². The smallest absolute Gasteiger partial charge is 0.232 e. The monoisotopic (exact) mass is 478 g/mol. The van der Waals surface area contributed by atoms with Crippen LogP contribution in [0.3, 0.4) is 0 Å². The molecule has 2 aromatic rings. The summed E-state index contributed by atoms with van der Waals surface area (Å²) in [7, 11) is -3.53. The number of nitrogens with one attached hydrogen (secondary N) is 1. The molecule has 0 unspecified atom stereocenters. The Bertz CT molecular complexity index is 947. The van der Waals surface area contributed by atoms with Crippen LogP contribution in [-0.2, 0) is 10.0 Å². The molecule has 0 bridgehead atoms. The molecule has 0 saturated carbocycles. The van der Waals surface area contributed by atoms with E-state index in [9.17, 15) is 13.6 Å². The Kier molecular flexibility index (Phi) is 11.6. The zero-order chi connectivity index (χ0) is 23.2. The molecule has 2 aromatic carbocycles. The number of rotatable bonds is 15. The second-order valence-electron chi connectivity index (χ2n) is 8.11. The van der Waals surface area contributed by atoms with Crippen LogP contribution in [0, 0.1) is 0 Å². The van der Waals surface area contributed by atoms with Crippen molar-refractivity contribution in [3.05, 3.63) is 64.7 Å². The van der Waals surface area contributed by atoms with E-state index in [2.05, 4.69) is 16.8 Å². The second-order valence-corrected chi connectivity index (χ2v) is 10.4. The van der Waals surface area contributed by atoms with Crippen molar-refractivity contribution in [3.8, 4) is 0 Å². The summed E-state index contributed by atoms with van der Waals surface area (Å²) in [5.41, 5.74) is 1.69. The highest BCUT2D eigenvalue weighted by molar-refractivity contribution is 7.92. The van der Waals surface area contributed by atoms with E-state index in [0.29, 0.717) is 28.3 Å². The number of unbranched alkanes of at least 4 members (excludes halogenated alkanes) is 9. The predicted octanol–water partition coefficient (Wildman–Crippen LogP) is 7.23. The van der Waals surface area contributed by atoms with Gasteiger partial charge in [0.25, 0.3) is 0 Å². The molecule has 0 atom stereocenters. The van der Waals surface area contributed by atoms with Crippen LogP contribution in [0.2, 0.25) is 5.02 Å². The lowest BCUT2D eigenvalue weighted by Crippen LogP contribution is -2.19. The molecule has 0 aliphatic heterocycles. The fraction of sp³-hybridized carbons (Fsp3) is 0.480. The number of halogens is 1. The fourth-order valence-electron chi connectivity index (χ4n) is 3.66. The number of hydrogen-bond acceptors (Lipinski definition) is 4. The van der Waals surface area contributed by atoms with Crippen LogP contribution in [0.4, 0.5) is 5.69 Å². The van der Waals surface area contributed by atoms with Gasteiger partial charge >= 0.3 is 0 Å². The van der Waals surface area contributed by atoms with Gasteiger partial charge in [0.05, 0.1) is 11.4 Å². The zero-order valence-electron chi connectivity index (χ0n) is 18.9. The third kappa shape index (κ3) is 9.21. The molecule has 32 heavy (non-hydrogen) atoms. The van der Waals surface area contributed by atoms with Crippen molar-refractivity contribution in [3.63, 3.8) is 0 Å². The van der Waals surface area contributed by atoms with E-state index < -0.39 is 10.0 Å². The van der Waals surface area contributed by atoms with Crippen molar-refractivity contribution in [2.24, 2.45) is 5.16 Å². The molecule has 0 amide bonds. The van der Waals surface area contributed by atoms with Gasteiger partial charge in [-0.2, -0.15) is 0 Å². The first kappa shape index (κ1) is 26.2. The largest absolute Gasteiger partial charge is 0.410 e. The molecule has 0 aliphatic rings. The predicted molar refractivity (Wildman–Crippen MR) is 135 cm³/mol. The summed E-state index contributed by atoms with van der Waals surface area (Å²) >= 11 is 6.14. The maximum absolute atomic E-state index is 12.7. The third-order valence-electron chi connectivity index (χ3n) is 5.42. The van der Waals surface area contributed by atoms with E-state index in [4.69, 9.17) is 11.6 Å².